The van der Waals surface area contributed by atoms with Gasteiger partial charge in [-0.05, 0) is 43.2 Å². The van der Waals surface area contributed by atoms with E-state index in [1.165, 1.54) is 25.9 Å². The van der Waals surface area contributed by atoms with Crippen molar-refractivity contribution in [2.24, 2.45) is 23.0 Å². The highest BCUT2D eigenvalue weighted by Gasteiger charge is 2.43. The van der Waals surface area contributed by atoms with Crippen molar-refractivity contribution in [1.82, 2.24) is 4.90 Å². The van der Waals surface area contributed by atoms with Crippen LogP contribution in [0.15, 0.2) is 0 Å². The van der Waals surface area contributed by atoms with E-state index >= 15 is 0 Å². The molecule has 0 spiro atoms. The molecule has 1 heterocycles. The maximum Gasteiger partial charge on any atom is 0.0126 e. The molecule has 2 rings (SSSR count). The van der Waals surface area contributed by atoms with Crippen LogP contribution in [0.3, 0.4) is 0 Å². The molecule has 1 aliphatic carbocycles. The average molecular weight is 196 g/mol. The van der Waals surface area contributed by atoms with Gasteiger partial charge in [0.15, 0.2) is 0 Å². The lowest BCUT2D eigenvalue weighted by molar-refractivity contribution is 0.0324. The van der Waals surface area contributed by atoms with Crippen LogP contribution in [0.5, 0.6) is 0 Å². The van der Waals surface area contributed by atoms with Gasteiger partial charge in [-0.25, -0.2) is 0 Å². The summed E-state index contributed by atoms with van der Waals surface area (Å²) in [5.74, 6) is 1.83. The van der Waals surface area contributed by atoms with E-state index in [1.807, 2.05) is 0 Å². The van der Waals surface area contributed by atoms with Crippen molar-refractivity contribution in [3.05, 3.63) is 0 Å². The Bertz CT molecular complexity index is 216. The molecule has 1 saturated heterocycles. The van der Waals surface area contributed by atoms with E-state index < -0.39 is 0 Å². The Morgan fingerprint density at radius 3 is 2.57 bits per heavy atom. The fourth-order valence-electron chi connectivity index (χ4n) is 2.99. The minimum absolute atomic E-state index is 0.401. The lowest BCUT2D eigenvalue weighted by atomic mass is 9.71. The predicted octanol–water partition coefficient (Wildman–Crippen LogP) is 1.70. The van der Waals surface area contributed by atoms with Gasteiger partial charge in [-0.3, -0.25) is 4.90 Å². The Hall–Kier alpha value is -0.0800. The van der Waals surface area contributed by atoms with Crippen LogP contribution >= 0.6 is 0 Å². The van der Waals surface area contributed by atoms with E-state index in [1.54, 1.807) is 0 Å². The number of hydrogen-bond donors (Lipinski definition) is 1. The molecule has 2 aliphatic rings. The fourth-order valence-corrected chi connectivity index (χ4v) is 2.99. The van der Waals surface area contributed by atoms with Crippen molar-refractivity contribution in [2.45, 2.75) is 39.7 Å². The number of hydrogen-bond acceptors (Lipinski definition) is 2. The molecular weight excluding hydrogens is 172 g/mol. The minimum atomic E-state index is 0.401. The molecular formula is C12H24N2. The van der Waals surface area contributed by atoms with Gasteiger partial charge in [0.1, 0.15) is 0 Å². The molecule has 0 amide bonds. The SMILES string of the molecule is CC1CC(N2CCC(C)(CN)C2)C1C. The van der Waals surface area contributed by atoms with Crippen molar-refractivity contribution in [3.63, 3.8) is 0 Å². The van der Waals surface area contributed by atoms with Gasteiger partial charge in [0.25, 0.3) is 0 Å². The summed E-state index contributed by atoms with van der Waals surface area (Å²) in [6, 6.07) is 0.860. The van der Waals surface area contributed by atoms with Gasteiger partial charge >= 0.3 is 0 Å². The molecule has 82 valence electrons. The zero-order valence-corrected chi connectivity index (χ0v) is 9.79. The Labute approximate surface area is 87.8 Å². The third kappa shape index (κ3) is 1.59. The van der Waals surface area contributed by atoms with Crippen molar-refractivity contribution in [2.75, 3.05) is 19.6 Å². The van der Waals surface area contributed by atoms with Gasteiger partial charge in [0.2, 0.25) is 0 Å². The van der Waals surface area contributed by atoms with Gasteiger partial charge in [-0.2, -0.15) is 0 Å². The third-order valence-corrected chi connectivity index (χ3v) is 4.67. The maximum atomic E-state index is 5.83. The monoisotopic (exact) mass is 196 g/mol. The Balaban J connectivity index is 1.90. The zero-order chi connectivity index (χ0) is 10.3. The summed E-state index contributed by atoms with van der Waals surface area (Å²) in [5, 5.41) is 0. The van der Waals surface area contributed by atoms with Crippen LogP contribution in [0.4, 0.5) is 0 Å². The highest BCUT2D eigenvalue weighted by atomic mass is 15.2. The van der Waals surface area contributed by atoms with E-state index in [0.29, 0.717) is 5.41 Å². The van der Waals surface area contributed by atoms with Crippen LogP contribution in [-0.2, 0) is 0 Å². The predicted molar refractivity (Wildman–Crippen MR) is 60.1 cm³/mol. The molecule has 0 aromatic rings. The quantitative estimate of drug-likeness (QED) is 0.728. The average Bonchev–Trinajstić information content (AvgIpc) is 2.57. The van der Waals surface area contributed by atoms with E-state index in [4.69, 9.17) is 5.73 Å². The van der Waals surface area contributed by atoms with Crippen LogP contribution < -0.4 is 5.73 Å². The summed E-state index contributed by atoms with van der Waals surface area (Å²) >= 11 is 0. The van der Waals surface area contributed by atoms with Gasteiger partial charge in [0, 0.05) is 12.6 Å². The molecule has 4 unspecified atom stereocenters. The van der Waals surface area contributed by atoms with Crippen molar-refractivity contribution in [3.8, 4) is 0 Å². The van der Waals surface area contributed by atoms with Crippen LogP contribution in [0.25, 0.3) is 0 Å². The second-order valence-corrected chi connectivity index (χ2v) is 5.87. The summed E-state index contributed by atoms with van der Waals surface area (Å²) in [7, 11) is 0. The van der Waals surface area contributed by atoms with Crippen LogP contribution in [0.2, 0.25) is 0 Å². The minimum Gasteiger partial charge on any atom is -0.330 e. The summed E-state index contributed by atoms with van der Waals surface area (Å²) in [6.07, 6.45) is 2.70. The smallest absolute Gasteiger partial charge is 0.0126 e. The summed E-state index contributed by atoms with van der Waals surface area (Å²) in [5.41, 5.74) is 6.23. The maximum absolute atomic E-state index is 5.83. The van der Waals surface area contributed by atoms with Gasteiger partial charge in [0.05, 0.1) is 0 Å². The topological polar surface area (TPSA) is 29.3 Å². The molecule has 2 nitrogen and oxygen atoms in total. The fraction of sp³-hybridized carbons (Fsp3) is 1.00. The zero-order valence-electron chi connectivity index (χ0n) is 9.79. The Morgan fingerprint density at radius 2 is 2.14 bits per heavy atom. The molecule has 2 N–H and O–H groups in total. The number of rotatable bonds is 2. The highest BCUT2D eigenvalue weighted by Crippen LogP contribution is 2.41. The standard InChI is InChI=1S/C12H24N2/c1-9-6-11(10(9)2)14-5-4-12(3,7-13)8-14/h9-11H,4-8,13H2,1-3H3. The first kappa shape index (κ1) is 10.4. The van der Waals surface area contributed by atoms with E-state index in [9.17, 15) is 0 Å². The van der Waals surface area contributed by atoms with Crippen molar-refractivity contribution < 1.29 is 0 Å². The number of nitrogens with zero attached hydrogens (tertiary/aromatic N) is 1. The molecule has 0 radical (unpaired) electrons. The molecule has 2 heteroatoms. The molecule has 2 fully saturated rings. The number of nitrogens with two attached hydrogens (primary N) is 1. The molecule has 1 saturated carbocycles. The van der Waals surface area contributed by atoms with Crippen molar-refractivity contribution >= 4 is 0 Å². The molecule has 14 heavy (non-hydrogen) atoms. The lowest BCUT2D eigenvalue weighted by Gasteiger charge is -2.46. The molecule has 4 atom stereocenters. The lowest BCUT2D eigenvalue weighted by Crippen LogP contribution is -2.50. The first-order valence-electron chi connectivity index (χ1n) is 6.00. The third-order valence-electron chi connectivity index (χ3n) is 4.67. The second kappa shape index (κ2) is 3.49. The highest BCUT2D eigenvalue weighted by molar-refractivity contribution is 4.97. The molecule has 0 bridgehead atoms. The van der Waals surface area contributed by atoms with Gasteiger partial charge < -0.3 is 5.73 Å². The Kier molecular flexibility index (Phi) is 2.61. The van der Waals surface area contributed by atoms with Crippen LogP contribution in [0, 0.1) is 17.3 Å². The van der Waals surface area contributed by atoms with E-state index in [2.05, 4.69) is 25.7 Å². The second-order valence-electron chi connectivity index (χ2n) is 5.87. The summed E-state index contributed by atoms with van der Waals surface area (Å²) in [6.45, 7) is 10.5. The first-order chi connectivity index (χ1) is 6.56. The number of likely N-dealkylation sites (tertiary alicyclic amines) is 1. The Morgan fingerprint density at radius 1 is 1.43 bits per heavy atom. The van der Waals surface area contributed by atoms with E-state index in [0.717, 1.165) is 24.4 Å². The van der Waals surface area contributed by atoms with Crippen LogP contribution in [0.1, 0.15) is 33.6 Å². The van der Waals surface area contributed by atoms with Crippen molar-refractivity contribution in [1.29, 1.82) is 0 Å². The molecule has 0 aromatic heterocycles. The first-order valence-corrected chi connectivity index (χ1v) is 6.00. The largest absolute Gasteiger partial charge is 0.330 e. The van der Waals surface area contributed by atoms with Gasteiger partial charge in [-0.15, -0.1) is 0 Å². The van der Waals surface area contributed by atoms with Crippen LogP contribution in [-0.4, -0.2) is 30.6 Å². The molecule has 1 aliphatic heterocycles. The summed E-state index contributed by atoms with van der Waals surface area (Å²) < 4.78 is 0. The summed E-state index contributed by atoms with van der Waals surface area (Å²) in [4.78, 5) is 2.68. The molecule has 0 aromatic carbocycles. The van der Waals surface area contributed by atoms with Gasteiger partial charge in [-0.1, -0.05) is 20.8 Å². The van der Waals surface area contributed by atoms with E-state index in [-0.39, 0.29) is 0 Å². The normalized spacial score (nSPS) is 49.3.